The highest BCUT2D eigenvalue weighted by molar-refractivity contribution is 6.08. The quantitative estimate of drug-likeness (QED) is 0.472. The van der Waals surface area contributed by atoms with E-state index in [2.05, 4.69) is 30.4 Å². The van der Waals surface area contributed by atoms with Crippen molar-refractivity contribution in [1.29, 1.82) is 0 Å². The van der Waals surface area contributed by atoms with Gasteiger partial charge >= 0.3 is 5.97 Å². The van der Waals surface area contributed by atoms with E-state index in [1.807, 2.05) is 36.4 Å². The van der Waals surface area contributed by atoms with E-state index < -0.39 is 5.97 Å². The minimum atomic E-state index is -0.999. The highest BCUT2D eigenvalue weighted by Crippen LogP contribution is 2.31. The molecule has 0 aliphatic rings. The van der Waals surface area contributed by atoms with E-state index in [-0.39, 0.29) is 11.5 Å². The van der Waals surface area contributed by atoms with Gasteiger partial charge in [0.25, 0.3) is 5.91 Å². The van der Waals surface area contributed by atoms with Gasteiger partial charge in [0.1, 0.15) is 0 Å². The van der Waals surface area contributed by atoms with Gasteiger partial charge < -0.3 is 10.4 Å². The second kappa shape index (κ2) is 7.60. The lowest BCUT2D eigenvalue weighted by Gasteiger charge is -2.11. The van der Waals surface area contributed by atoms with Gasteiger partial charge in [0.2, 0.25) is 0 Å². The van der Waals surface area contributed by atoms with Crippen molar-refractivity contribution in [3.05, 3.63) is 102 Å². The number of nitrogens with one attached hydrogen (secondary N) is 1. The van der Waals surface area contributed by atoms with Crippen LogP contribution in [0, 0.1) is 6.92 Å². The van der Waals surface area contributed by atoms with Crippen LogP contribution in [0.15, 0.2) is 84.9 Å². The molecule has 4 aromatic carbocycles. The lowest BCUT2D eigenvalue weighted by Crippen LogP contribution is -2.12. The van der Waals surface area contributed by atoms with Crippen LogP contribution < -0.4 is 5.32 Å². The number of rotatable bonds is 4. The van der Waals surface area contributed by atoms with Crippen LogP contribution in [0.5, 0.6) is 0 Å². The van der Waals surface area contributed by atoms with E-state index in [0.717, 1.165) is 21.9 Å². The number of hydrogen-bond donors (Lipinski definition) is 2. The number of fused-ring (bicyclic) bond motifs is 1. The van der Waals surface area contributed by atoms with Gasteiger partial charge in [-0.3, -0.25) is 4.79 Å². The van der Waals surface area contributed by atoms with Gasteiger partial charge in [-0.25, -0.2) is 4.79 Å². The van der Waals surface area contributed by atoms with E-state index >= 15 is 0 Å². The molecule has 0 aliphatic carbocycles. The third-order valence-corrected chi connectivity index (χ3v) is 4.97. The first-order valence-corrected chi connectivity index (χ1v) is 9.26. The molecule has 0 unspecified atom stereocenters. The van der Waals surface area contributed by atoms with Gasteiger partial charge in [-0.15, -0.1) is 0 Å². The zero-order chi connectivity index (χ0) is 20.4. The Morgan fingerprint density at radius 3 is 2.17 bits per heavy atom. The summed E-state index contributed by atoms with van der Waals surface area (Å²) in [5.74, 6) is -1.24. The molecule has 1 amide bonds. The van der Waals surface area contributed by atoms with Crippen molar-refractivity contribution in [3.8, 4) is 11.1 Å². The maximum absolute atomic E-state index is 12.8. The number of carbonyl (C=O) groups is 2. The van der Waals surface area contributed by atoms with Gasteiger partial charge in [-0.1, -0.05) is 48.5 Å². The SMILES string of the molecule is Cc1ccccc1-c1cccc2ccc(C(=O)Nc3ccc(C(=O)O)cc3)cc12. The molecule has 0 atom stereocenters. The summed E-state index contributed by atoms with van der Waals surface area (Å²) >= 11 is 0. The van der Waals surface area contributed by atoms with Gasteiger partial charge in [-0.05, 0) is 70.8 Å². The smallest absolute Gasteiger partial charge is 0.335 e. The van der Waals surface area contributed by atoms with E-state index in [4.69, 9.17) is 5.11 Å². The van der Waals surface area contributed by atoms with Crippen molar-refractivity contribution in [2.45, 2.75) is 6.92 Å². The number of carbonyl (C=O) groups excluding carboxylic acids is 1. The molecule has 0 saturated carbocycles. The third kappa shape index (κ3) is 3.73. The predicted octanol–water partition coefficient (Wildman–Crippen LogP) is 5.77. The molecule has 0 heterocycles. The number of carboxylic acid groups (broad SMARTS) is 1. The zero-order valence-corrected chi connectivity index (χ0v) is 15.8. The predicted molar refractivity (Wildman–Crippen MR) is 115 cm³/mol. The minimum Gasteiger partial charge on any atom is -0.478 e. The highest BCUT2D eigenvalue weighted by Gasteiger charge is 2.11. The molecule has 4 heteroatoms. The Morgan fingerprint density at radius 1 is 0.759 bits per heavy atom. The molecule has 0 saturated heterocycles. The summed E-state index contributed by atoms with van der Waals surface area (Å²) in [4.78, 5) is 23.7. The van der Waals surface area contributed by atoms with Crippen molar-refractivity contribution in [1.82, 2.24) is 0 Å². The molecule has 2 N–H and O–H groups in total. The Hall–Kier alpha value is -3.92. The highest BCUT2D eigenvalue weighted by atomic mass is 16.4. The summed E-state index contributed by atoms with van der Waals surface area (Å²) < 4.78 is 0. The Bertz CT molecular complexity index is 1230. The van der Waals surface area contributed by atoms with Gasteiger partial charge in [-0.2, -0.15) is 0 Å². The Balaban J connectivity index is 1.69. The molecule has 0 aliphatic heterocycles. The maximum Gasteiger partial charge on any atom is 0.335 e. The average molecular weight is 381 g/mol. The number of amides is 1. The van der Waals surface area contributed by atoms with Crippen LogP contribution in [0.25, 0.3) is 21.9 Å². The van der Waals surface area contributed by atoms with Crippen LogP contribution in [-0.2, 0) is 0 Å². The van der Waals surface area contributed by atoms with Crippen LogP contribution in [0.3, 0.4) is 0 Å². The van der Waals surface area contributed by atoms with Crippen molar-refractivity contribution in [2.75, 3.05) is 5.32 Å². The van der Waals surface area contributed by atoms with Crippen molar-refractivity contribution < 1.29 is 14.7 Å². The first-order chi connectivity index (χ1) is 14.0. The molecule has 4 nitrogen and oxygen atoms in total. The van der Waals surface area contributed by atoms with Crippen LogP contribution in [0.1, 0.15) is 26.3 Å². The Morgan fingerprint density at radius 2 is 1.45 bits per heavy atom. The first-order valence-electron chi connectivity index (χ1n) is 9.26. The van der Waals surface area contributed by atoms with Gasteiger partial charge in [0.05, 0.1) is 5.56 Å². The summed E-state index contributed by atoms with van der Waals surface area (Å²) in [6.07, 6.45) is 0. The summed E-state index contributed by atoms with van der Waals surface area (Å²) in [5.41, 5.74) is 4.67. The fourth-order valence-corrected chi connectivity index (χ4v) is 3.42. The molecule has 0 fully saturated rings. The summed E-state index contributed by atoms with van der Waals surface area (Å²) in [6.45, 7) is 2.07. The molecule has 0 spiro atoms. The molecule has 29 heavy (non-hydrogen) atoms. The zero-order valence-electron chi connectivity index (χ0n) is 15.8. The molecular weight excluding hydrogens is 362 g/mol. The van der Waals surface area contributed by atoms with E-state index in [0.29, 0.717) is 11.3 Å². The Labute approximate surface area is 168 Å². The largest absolute Gasteiger partial charge is 0.478 e. The number of carboxylic acids is 1. The van der Waals surface area contributed by atoms with Crippen LogP contribution in [0.2, 0.25) is 0 Å². The Kier molecular flexibility index (Phi) is 4.83. The van der Waals surface area contributed by atoms with Crippen LogP contribution in [-0.4, -0.2) is 17.0 Å². The second-order valence-electron chi connectivity index (χ2n) is 6.89. The molecule has 0 aromatic heterocycles. The van der Waals surface area contributed by atoms with Crippen molar-refractivity contribution in [2.24, 2.45) is 0 Å². The number of hydrogen-bond acceptors (Lipinski definition) is 2. The normalized spacial score (nSPS) is 10.7. The number of benzene rings is 4. The molecule has 4 rings (SSSR count). The molecular formula is C25H19NO3. The van der Waals surface area contributed by atoms with E-state index in [1.165, 1.54) is 17.7 Å². The van der Waals surface area contributed by atoms with Crippen LogP contribution in [0.4, 0.5) is 5.69 Å². The molecule has 0 bridgehead atoms. The standard InChI is InChI=1S/C25H19NO3/c1-16-5-2-3-7-21(16)22-8-4-6-17-9-10-19(15-23(17)22)24(27)26-20-13-11-18(12-14-20)25(28)29/h2-15H,1H3,(H,26,27)(H,28,29). The summed E-state index contributed by atoms with van der Waals surface area (Å²) in [7, 11) is 0. The monoisotopic (exact) mass is 381 g/mol. The number of aromatic carboxylic acids is 1. The number of anilines is 1. The lowest BCUT2D eigenvalue weighted by atomic mass is 9.94. The fourth-order valence-electron chi connectivity index (χ4n) is 3.42. The average Bonchev–Trinajstić information content (AvgIpc) is 2.74. The first kappa shape index (κ1) is 18.4. The van der Waals surface area contributed by atoms with Gasteiger partial charge in [0.15, 0.2) is 0 Å². The second-order valence-corrected chi connectivity index (χ2v) is 6.89. The van der Waals surface area contributed by atoms with Crippen molar-refractivity contribution in [3.63, 3.8) is 0 Å². The molecule has 0 radical (unpaired) electrons. The molecule has 4 aromatic rings. The van der Waals surface area contributed by atoms with E-state index in [9.17, 15) is 9.59 Å². The topological polar surface area (TPSA) is 66.4 Å². The van der Waals surface area contributed by atoms with E-state index in [1.54, 1.807) is 18.2 Å². The van der Waals surface area contributed by atoms with Gasteiger partial charge in [0, 0.05) is 11.3 Å². The summed E-state index contributed by atoms with van der Waals surface area (Å²) in [5, 5.41) is 13.9. The fraction of sp³-hybridized carbons (Fsp3) is 0.0400. The minimum absolute atomic E-state index is 0.177. The summed E-state index contributed by atoms with van der Waals surface area (Å²) in [6, 6.07) is 26.0. The lowest BCUT2D eigenvalue weighted by molar-refractivity contribution is 0.0696. The number of aryl methyl sites for hydroxylation is 1. The van der Waals surface area contributed by atoms with Crippen molar-refractivity contribution >= 4 is 28.3 Å². The maximum atomic E-state index is 12.8. The van der Waals surface area contributed by atoms with Crippen LogP contribution >= 0.6 is 0 Å². The third-order valence-electron chi connectivity index (χ3n) is 4.97. The molecule has 142 valence electrons.